The van der Waals surface area contributed by atoms with Crippen molar-refractivity contribution in [2.24, 2.45) is 0 Å². The molecule has 0 N–H and O–H groups in total. The number of aromatic nitrogens is 1. The van der Waals surface area contributed by atoms with Gasteiger partial charge >= 0.3 is 0 Å². The maximum atomic E-state index is 12.5. The Labute approximate surface area is 140 Å². The Morgan fingerprint density at radius 1 is 1.21 bits per heavy atom. The third kappa shape index (κ3) is 3.20. The number of hydrogen-bond donors (Lipinski definition) is 0. The number of piperidine rings is 2. The fourth-order valence-electron chi connectivity index (χ4n) is 3.33. The fourth-order valence-corrected chi connectivity index (χ4v) is 3.33. The Morgan fingerprint density at radius 3 is 2.38 bits per heavy atom. The average Bonchev–Trinajstić information content (AvgIpc) is 3.05. The van der Waals surface area contributed by atoms with Crippen LogP contribution in [0.2, 0.25) is 0 Å². The van der Waals surface area contributed by atoms with Crippen LogP contribution in [-0.2, 0) is 9.59 Å². The van der Waals surface area contributed by atoms with E-state index >= 15 is 0 Å². The van der Waals surface area contributed by atoms with Crippen LogP contribution in [0, 0.1) is 0 Å². The van der Waals surface area contributed by atoms with E-state index in [-0.39, 0.29) is 29.7 Å². The van der Waals surface area contributed by atoms with Gasteiger partial charge in [-0.2, -0.15) is 0 Å². The predicted molar refractivity (Wildman–Crippen MR) is 85.2 cm³/mol. The summed E-state index contributed by atoms with van der Waals surface area (Å²) in [6.07, 6.45) is 2.79. The minimum Gasteiger partial charge on any atom is -0.360 e. The molecule has 0 aliphatic carbocycles. The molecule has 1 aromatic rings. The molecule has 0 bridgehead atoms. The predicted octanol–water partition coefficient (Wildman–Crippen LogP) is 1.94. The summed E-state index contributed by atoms with van der Waals surface area (Å²) in [5.41, 5.74) is 0.322. The molecule has 2 fully saturated rings. The van der Waals surface area contributed by atoms with E-state index in [2.05, 4.69) is 5.16 Å². The van der Waals surface area contributed by atoms with E-state index in [1.54, 1.807) is 11.0 Å². The zero-order valence-corrected chi connectivity index (χ0v) is 14.2. The highest BCUT2D eigenvalue weighted by Crippen LogP contribution is 2.24. The second-order valence-electron chi connectivity index (χ2n) is 6.80. The summed E-state index contributed by atoms with van der Waals surface area (Å²) in [6.45, 7) is 4.99. The largest absolute Gasteiger partial charge is 0.360 e. The lowest BCUT2D eigenvalue weighted by atomic mass is 9.99. The molecular weight excluding hydrogens is 310 g/mol. The van der Waals surface area contributed by atoms with Crippen molar-refractivity contribution in [3.05, 3.63) is 17.5 Å². The van der Waals surface area contributed by atoms with Crippen molar-refractivity contribution >= 4 is 17.7 Å². The average molecular weight is 333 g/mol. The summed E-state index contributed by atoms with van der Waals surface area (Å²) in [5.74, 6) is 0.572. The van der Waals surface area contributed by atoms with Gasteiger partial charge < -0.3 is 9.42 Å². The summed E-state index contributed by atoms with van der Waals surface area (Å²) in [6, 6.07) is 1.61. The van der Waals surface area contributed by atoms with Crippen LogP contribution in [0.15, 0.2) is 10.6 Å². The van der Waals surface area contributed by atoms with E-state index in [1.165, 1.54) is 4.90 Å². The van der Waals surface area contributed by atoms with Crippen LogP contribution in [0.5, 0.6) is 0 Å². The minimum atomic E-state index is -0.152. The molecule has 2 aliphatic rings. The van der Waals surface area contributed by atoms with Gasteiger partial charge in [-0.15, -0.1) is 0 Å². The zero-order chi connectivity index (χ0) is 17.3. The van der Waals surface area contributed by atoms with E-state index in [0.717, 1.165) is 0 Å². The molecule has 0 atom stereocenters. The summed E-state index contributed by atoms with van der Waals surface area (Å²) < 4.78 is 5.19. The van der Waals surface area contributed by atoms with Crippen LogP contribution in [0.3, 0.4) is 0 Å². The van der Waals surface area contributed by atoms with E-state index in [1.807, 2.05) is 13.8 Å². The summed E-state index contributed by atoms with van der Waals surface area (Å²) in [4.78, 5) is 39.7. The van der Waals surface area contributed by atoms with E-state index in [9.17, 15) is 14.4 Å². The van der Waals surface area contributed by atoms with Crippen LogP contribution in [0.1, 0.15) is 68.1 Å². The molecule has 1 aromatic heterocycles. The van der Waals surface area contributed by atoms with Crippen molar-refractivity contribution < 1.29 is 18.9 Å². The van der Waals surface area contributed by atoms with Crippen molar-refractivity contribution in [2.75, 3.05) is 13.1 Å². The molecule has 24 heavy (non-hydrogen) atoms. The highest BCUT2D eigenvalue weighted by atomic mass is 16.5. The highest BCUT2D eigenvalue weighted by molar-refractivity contribution is 5.98. The normalized spacial score (nSPS) is 20.1. The molecule has 0 aromatic carbocycles. The highest BCUT2D eigenvalue weighted by Gasteiger charge is 2.35. The van der Waals surface area contributed by atoms with Crippen molar-refractivity contribution in [2.45, 2.75) is 57.9 Å². The van der Waals surface area contributed by atoms with Gasteiger partial charge in [-0.25, -0.2) is 0 Å². The summed E-state index contributed by atoms with van der Waals surface area (Å²) in [7, 11) is 0. The van der Waals surface area contributed by atoms with E-state index in [4.69, 9.17) is 4.52 Å². The quantitative estimate of drug-likeness (QED) is 0.789. The van der Waals surface area contributed by atoms with Gasteiger partial charge in [0, 0.05) is 44.0 Å². The molecule has 7 nitrogen and oxygen atoms in total. The van der Waals surface area contributed by atoms with Gasteiger partial charge in [-0.1, -0.05) is 19.0 Å². The molecule has 0 spiro atoms. The van der Waals surface area contributed by atoms with Crippen LogP contribution in [-0.4, -0.2) is 51.8 Å². The molecule has 3 amide bonds. The molecular formula is C17H23N3O4. The minimum absolute atomic E-state index is 0.0749. The van der Waals surface area contributed by atoms with Crippen LogP contribution >= 0.6 is 0 Å². The Kier molecular flexibility index (Phi) is 4.69. The summed E-state index contributed by atoms with van der Waals surface area (Å²) in [5, 5.41) is 3.86. The number of carbonyl (C=O) groups excluding carboxylic acids is 3. The van der Waals surface area contributed by atoms with Gasteiger partial charge in [0.25, 0.3) is 5.91 Å². The topological polar surface area (TPSA) is 83.7 Å². The lowest BCUT2D eigenvalue weighted by Crippen LogP contribution is -2.52. The third-order valence-corrected chi connectivity index (χ3v) is 4.75. The maximum Gasteiger partial charge on any atom is 0.276 e. The monoisotopic (exact) mass is 333 g/mol. The van der Waals surface area contributed by atoms with Gasteiger partial charge in [-0.05, 0) is 19.3 Å². The number of imide groups is 1. The SMILES string of the molecule is CC(C)c1cc(C(=O)N2CCC(N3C(=O)CCCC3=O)CC2)no1. The van der Waals surface area contributed by atoms with Gasteiger partial charge in [0.1, 0.15) is 5.76 Å². The number of amides is 3. The van der Waals surface area contributed by atoms with Crippen LogP contribution in [0.25, 0.3) is 0 Å². The number of likely N-dealkylation sites (tertiary alicyclic amines) is 2. The van der Waals surface area contributed by atoms with Crippen molar-refractivity contribution in [3.8, 4) is 0 Å². The molecule has 0 saturated carbocycles. The van der Waals surface area contributed by atoms with Gasteiger partial charge in [0.05, 0.1) is 0 Å². The Bertz CT molecular complexity index is 628. The van der Waals surface area contributed by atoms with Gasteiger partial charge in [0.15, 0.2) is 5.69 Å². The van der Waals surface area contributed by atoms with Crippen molar-refractivity contribution in [1.82, 2.24) is 15.0 Å². The smallest absolute Gasteiger partial charge is 0.276 e. The molecule has 3 rings (SSSR count). The second-order valence-corrected chi connectivity index (χ2v) is 6.80. The van der Waals surface area contributed by atoms with Gasteiger partial charge in [-0.3, -0.25) is 19.3 Å². The summed E-state index contributed by atoms with van der Waals surface area (Å²) >= 11 is 0. The first-order chi connectivity index (χ1) is 11.5. The number of nitrogens with zero attached hydrogens (tertiary/aromatic N) is 3. The lowest BCUT2D eigenvalue weighted by Gasteiger charge is -2.38. The fraction of sp³-hybridized carbons (Fsp3) is 0.647. The second kappa shape index (κ2) is 6.75. The van der Waals surface area contributed by atoms with Crippen LogP contribution < -0.4 is 0 Å². The first kappa shape index (κ1) is 16.7. The van der Waals surface area contributed by atoms with Gasteiger partial charge in [0.2, 0.25) is 11.8 Å². The number of rotatable bonds is 3. The van der Waals surface area contributed by atoms with Crippen LogP contribution in [0.4, 0.5) is 0 Å². The standard InChI is InChI=1S/C17H23N3O4/c1-11(2)14-10-13(18-24-14)17(23)19-8-6-12(7-9-19)20-15(21)4-3-5-16(20)22/h10-12H,3-9H2,1-2H3. The molecule has 7 heteroatoms. The maximum absolute atomic E-state index is 12.5. The van der Waals surface area contributed by atoms with Crippen molar-refractivity contribution in [1.29, 1.82) is 0 Å². The molecule has 0 radical (unpaired) electrons. The van der Waals surface area contributed by atoms with E-state index in [0.29, 0.717) is 56.6 Å². The number of carbonyl (C=O) groups is 3. The van der Waals surface area contributed by atoms with Crippen molar-refractivity contribution in [3.63, 3.8) is 0 Å². The molecule has 3 heterocycles. The molecule has 2 aliphatic heterocycles. The first-order valence-electron chi connectivity index (χ1n) is 8.58. The lowest BCUT2D eigenvalue weighted by molar-refractivity contribution is -0.151. The number of hydrogen-bond acceptors (Lipinski definition) is 5. The third-order valence-electron chi connectivity index (χ3n) is 4.75. The Hall–Kier alpha value is -2.18. The molecule has 0 unspecified atom stereocenters. The van der Waals surface area contributed by atoms with E-state index < -0.39 is 0 Å². The molecule has 2 saturated heterocycles. The Balaban J connectivity index is 1.61. The Morgan fingerprint density at radius 2 is 1.83 bits per heavy atom. The molecule has 130 valence electrons. The first-order valence-corrected chi connectivity index (χ1v) is 8.58. The zero-order valence-electron chi connectivity index (χ0n) is 14.2.